The fourth-order valence-electron chi connectivity index (χ4n) is 1.61. The molecule has 1 atom stereocenters. The van der Waals surface area contributed by atoms with Gasteiger partial charge < -0.3 is 9.47 Å². The quantitative estimate of drug-likeness (QED) is 0.828. The van der Waals surface area contributed by atoms with E-state index < -0.39 is 6.10 Å². The summed E-state index contributed by atoms with van der Waals surface area (Å²) in [6.07, 6.45) is -0.696. The smallest absolute Gasteiger partial charge is 0.266 e. The van der Waals surface area contributed by atoms with Crippen LogP contribution >= 0.6 is 11.3 Å². The zero-order chi connectivity index (χ0) is 16.1. The van der Waals surface area contributed by atoms with Crippen molar-refractivity contribution < 1.29 is 19.1 Å². The van der Waals surface area contributed by atoms with Crippen molar-refractivity contribution in [3.8, 4) is 11.5 Å². The molecule has 1 aromatic heterocycles. The number of nitrogens with zero attached hydrogens (tertiary/aromatic N) is 1. The summed E-state index contributed by atoms with van der Waals surface area (Å²) in [5.74, 6) is 0.801. The molecule has 1 unspecified atom stereocenters. The predicted octanol–water partition coefficient (Wildman–Crippen LogP) is 2.76. The number of rotatable bonds is 6. The Morgan fingerprint density at radius 3 is 2.41 bits per heavy atom. The Morgan fingerprint density at radius 2 is 1.86 bits per heavy atom. The highest BCUT2D eigenvalue weighted by Crippen LogP contribution is 2.19. The fraction of sp³-hybridized carbons (Fsp3) is 0.267. The number of hydrogen-bond donors (Lipinski definition) is 1. The Labute approximate surface area is 132 Å². The SMILES string of the molecule is COc1ccc(OC(C)C(=O)Nc2nc(C(C)=O)cs2)cc1. The van der Waals surface area contributed by atoms with Gasteiger partial charge in [0.15, 0.2) is 17.0 Å². The van der Waals surface area contributed by atoms with E-state index in [2.05, 4.69) is 10.3 Å². The third-order valence-electron chi connectivity index (χ3n) is 2.84. The summed E-state index contributed by atoms with van der Waals surface area (Å²) in [7, 11) is 1.58. The van der Waals surface area contributed by atoms with Crippen LogP contribution in [0.4, 0.5) is 5.13 Å². The average molecular weight is 320 g/mol. The van der Waals surface area contributed by atoms with E-state index >= 15 is 0 Å². The first-order valence-electron chi connectivity index (χ1n) is 6.57. The van der Waals surface area contributed by atoms with Crippen molar-refractivity contribution in [2.45, 2.75) is 20.0 Å². The van der Waals surface area contributed by atoms with E-state index in [0.29, 0.717) is 22.3 Å². The van der Waals surface area contributed by atoms with Crippen LogP contribution < -0.4 is 14.8 Å². The first-order chi connectivity index (χ1) is 10.5. The van der Waals surface area contributed by atoms with Crippen molar-refractivity contribution in [1.29, 1.82) is 0 Å². The molecular weight excluding hydrogens is 304 g/mol. The average Bonchev–Trinajstić information content (AvgIpc) is 2.96. The summed E-state index contributed by atoms with van der Waals surface area (Å²) in [6.45, 7) is 3.06. The van der Waals surface area contributed by atoms with E-state index in [1.54, 1.807) is 43.7 Å². The molecule has 1 aromatic carbocycles. The van der Waals surface area contributed by atoms with E-state index in [0.717, 1.165) is 0 Å². The molecule has 2 rings (SSSR count). The number of anilines is 1. The topological polar surface area (TPSA) is 77.5 Å². The number of carbonyl (C=O) groups is 2. The molecule has 0 radical (unpaired) electrons. The zero-order valence-corrected chi connectivity index (χ0v) is 13.3. The molecule has 0 bridgehead atoms. The van der Waals surface area contributed by atoms with E-state index in [4.69, 9.17) is 9.47 Å². The van der Waals surface area contributed by atoms with Crippen LogP contribution in [0.1, 0.15) is 24.3 Å². The highest BCUT2D eigenvalue weighted by molar-refractivity contribution is 7.14. The van der Waals surface area contributed by atoms with Gasteiger partial charge >= 0.3 is 0 Å². The number of ether oxygens (including phenoxy) is 2. The maximum atomic E-state index is 12.0. The number of nitrogens with one attached hydrogen (secondary N) is 1. The summed E-state index contributed by atoms with van der Waals surface area (Å²) in [6, 6.07) is 6.94. The van der Waals surface area contributed by atoms with E-state index in [9.17, 15) is 9.59 Å². The van der Waals surface area contributed by atoms with Crippen LogP contribution in [0.5, 0.6) is 11.5 Å². The van der Waals surface area contributed by atoms with Crippen LogP contribution in [0.25, 0.3) is 0 Å². The molecule has 0 saturated heterocycles. The van der Waals surface area contributed by atoms with Gasteiger partial charge in [-0.25, -0.2) is 4.98 Å². The van der Waals surface area contributed by atoms with Crippen molar-refractivity contribution in [3.05, 3.63) is 35.3 Å². The van der Waals surface area contributed by atoms with Gasteiger partial charge in [0.05, 0.1) is 7.11 Å². The van der Waals surface area contributed by atoms with Crippen LogP contribution in [-0.4, -0.2) is 29.9 Å². The molecule has 2 aromatic rings. The van der Waals surface area contributed by atoms with Gasteiger partial charge in [-0.1, -0.05) is 0 Å². The number of benzene rings is 1. The third kappa shape index (κ3) is 4.05. The fourth-order valence-corrected chi connectivity index (χ4v) is 2.36. The molecule has 1 amide bonds. The molecule has 0 aliphatic heterocycles. The highest BCUT2D eigenvalue weighted by atomic mass is 32.1. The van der Waals surface area contributed by atoms with E-state index in [1.165, 1.54) is 18.3 Å². The van der Waals surface area contributed by atoms with Gasteiger partial charge in [-0.2, -0.15) is 0 Å². The molecule has 0 aliphatic rings. The van der Waals surface area contributed by atoms with Crippen LogP contribution in [0.2, 0.25) is 0 Å². The molecule has 1 N–H and O–H groups in total. The summed E-state index contributed by atoms with van der Waals surface area (Å²) >= 11 is 1.20. The standard InChI is InChI=1S/C15H16N2O4S/c1-9(18)13-8-22-15(16-13)17-14(19)10(2)21-12-6-4-11(20-3)5-7-12/h4-8,10H,1-3H3,(H,16,17,19). The summed E-state index contributed by atoms with van der Waals surface area (Å²) in [5.41, 5.74) is 0.337. The monoisotopic (exact) mass is 320 g/mol. The van der Waals surface area contributed by atoms with Gasteiger partial charge in [0.1, 0.15) is 17.2 Å². The number of hydrogen-bond acceptors (Lipinski definition) is 6. The maximum absolute atomic E-state index is 12.0. The summed E-state index contributed by atoms with van der Waals surface area (Å²) in [4.78, 5) is 27.2. The van der Waals surface area contributed by atoms with Crippen molar-refractivity contribution in [3.63, 3.8) is 0 Å². The molecule has 0 saturated carbocycles. The molecular formula is C15H16N2O4S. The van der Waals surface area contributed by atoms with E-state index in [1.807, 2.05) is 0 Å². The lowest BCUT2D eigenvalue weighted by molar-refractivity contribution is -0.122. The van der Waals surface area contributed by atoms with Crippen molar-refractivity contribution >= 4 is 28.2 Å². The number of carbonyl (C=O) groups excluding carboxylic acids is 2. The number of amides is 1. The number of thiazole rings is 1. The Hall–Kier alpha value is -2.41. The molecule has 7 heteroatoms. The van der Waals surface area contributed by atoms with Crippen molar-refractivity contribution in [2.75, 3.05) is 12.4 Å². The molecule has 0 fully saturated rings. The first kappa shape index (κ1) is 16.0. The van der Waals surface area contributed by atoms with Gasteiger partial charge in [-0.05, 0) is 31.2 Å². The number of Topliss-reactive ketones (excluding diaryl/α,β-unsaturated/α-hetero) is 1. The van der Waals surface area contributed by atoms with Gasteiger partial charge in [0.25, 0.3) is 5.91 Å². The maximum Gasteiger partial charge on any atom is 0.266 e. The van der Waals surface area contributed by atoms with Gasteiger partial charge in [0.2, 0.25) is 0 Å². The lowest BCUT2D eigenvalue weighted by Gasteiger charge is -2.13. The van der Waals surface area contributed by atoms with Gasteiger partial charge in [-0.15, -0.1) is 11.3 Å². The number of ketones is 1. The van der Waals surface area contributed by atoms with Crippen LogP contribution in [-0.2, 0) is 4.79 Å². The minimum atomic E-state index is -0.696. The molecule has 116 valence electrons. The predicted molar refractivity (Wildman–Crippen MR) is 83.8 cm³/mol. The van der Waals surface area contributed by atoms with Crippen molar-refractivity contribution in [2.24, 2.45) is 0 Å². The minimum Gasteiger partial charge on any atom is -0.497 e. The lowest BCUT2D eigenvalue weighted by Crippen LogP contribution is -2.30. The second-order valence-corrected chi connectivity index (χ2v) is 5.38. The molecule has 6 nitrogen and oxygen atoms in total. The Bertz CT molecular complexity index is 666. The number of aromatic nitrogens is 1. The first-order valence-corrected chi connectivity index (χ1v) is 7.45. The Morgan fingerprint density at radius 1 is 1.23 bits per heavy atom. The Balaban J connectivity index is 1.94. The zero-order valence-electron chi connectivity index (χ0n) is 12.5. The molecule has 22 heavy (non-hydrogen) atoms. The summed E-state index contributed by atoms with van der Waals surface area (Å²) < 4.78 is 10.6. The molecule has 1 heterocycles. The lowest BCUT2D eigenvalue weighted by atomic mass is 10.3. The largest absolute Gasteiger partial charge is 0.497 e. The van der Waals surface area contributed by atoms with Gasteiger partial charge in [0, 0.05) is 12.3 Å². The van der Waals surface area contributed by atoms with Crippen molar-refractivity contribution in [1.82, 2.24) is 4.98 Å². The third-order valence-corrected chi connectivity index (χ3v) is 3.59. The normalized spacial score (nSPS) is 11.6. The van der Waals surface area contributed by atoms with Crippen LogP contribution in [0.15, 0.2) is 29.6 Å². The minimum absolute atomic E-state index is 0.140. The number of methoxy groups -OCH3 is 1. The second-order valence-electron chi connectivity index (χ2n) is 4.52. The molecule has 0 spiro atoms. The van der Waals surface area contributed by atoms with E-state index in [-0.39, 0.29) is 11.7 Å². The Kier molecular flexibility index (Phi) is 5.11. The highest BCUT2D eigenvalue weighted by Gasteiger charge is 2.17. The second kappa shape index (κ2) is 7.04. The van der Waals surface area contributed by atoms with Gasteiger partial charge in [-0.3, -0.25) is 14.9 Å². The molecule has 0 aliphatic carbocycles. The summed E-state index contributed by atoms with van der Waals surface area (Å²) in [5, 5.41) is 4.61. The van der Waals surface area contributed by atoms with Crippen LogP contribution in [0, 0.1) is 0 Å². The van der Waals surface area contributed by atoms with Crippen LogP contribution in [0.3, 0.4) is 0 Å².